The largest absolute Gasteiger partial charge is 0.371 e. The van der Waals surface area contributed by atoms with Crippen LogP contribution in [0.3, 0.4) is 0 Å². The Balaban J connectivity index is 1.80. The van der Waals surface area contributed by atoms with E-state index in [2.05, 4.69) is 15.4 Å². The highest BCUT2D eigenvalue weighted by Gasteiger charge is 2.29. The lowest BCUT2D eigenvalue weighted by atomic mass is 9.98. The van der Waals surface area contributed by atoms with Crippen LogP contribution in [0, 0.1) is 0 Å². The van der Waals surface area contributed by atoms with Crippen molar-refractivity contribution in [1.29, 1.82) is 0 Å². The number of nitrogens with one attached hydrogen (secondary N) is 1. The lowest BCUT2D eigenvalue weighted by Gasteiger charge is -2.32. The Hall–Kier alpha value is -2.12. The Morgan fingerprint density at radius 3 is 3.04 bits per heavy atom. The summed E-state index contributed by atoms with van der Waals surface area (Å²) in [5.74, 6) is -0.0353. The maximum atomic E-state index is 11.2. The van der Waals surface area contributed by atoms with Crippen LogP contribution in [0.1, 0.15) is 41.8 Å². The van der Waals surface area contributed by atoms with Gasteiger partial charge in [-0.2, -0.15) is 5.10 Å². The van der Waals surface area contributed by atoms with Crippen LogP contribution in [0.2, 0.25) is 5.02 Å². The molecule has 1 fully saturated rings. The van der Waals surface area contributed by atoms with Gasteiger partial charge < -0.3 is 15.8 Å². The number of halogens is 1. The fourth-order valence-corrected chi connectivity index (χ4v) is 3.03. The van der Waals surface area contributed by atoms with Gasteiger partial charge in [-0.1, -0.05) is 11.6 Å². The van der Waals surface area contributed by atoms with Gasteiger partial charge in [0, 0.05) is 31.1 Å². The second kappa shape index (κ2) is 7.19. The van der Waals surface area contributed by atoms with E-state index in [0.29, 0.717) is 17.4 Å². The third kappa shape index (κ3) is 3.52. The van der Waals surface area contributed by atoms with Crippen LogP contribution in [-0.4, -0.2) is 33.3 Å². The van der Waals surface area contributed by atoms with Crippen molar-refractivity contribution < 1.29 is 9.53 Å². The van der Waals surface area contributed by atoms with Gasteiger partial charge in [0.25, 0.3) is 0 Å². The number of aryl methyl sites for hydroxylation is 1. The molecule has 0 radical (unpaired) electrons. The van der Waals surface area contributed by atoms with Gasteiger partial charge in [0.05, 0.1) is 22.8 Å². The van der Waals surface area contributed by atoms with Crippen LogP contribution in [-0.2, 0) is 11.3 Å². The van der Waals surface area contributed by atoms with Crippen LogP contribution >= 0.6 is 11.6 Å². The minimum absolute atomic E-state index is 0.0256. The van der Waals surface area contributed by atoms with Crippen molar-refractivity contribution in [2.24, 2.45) is 5.73 Å². The molecule has 24 heavy (non-hydrogen) atoms. The summed E-state index contributed by atoms with van der Waals surface area (Å²) < 4.78 is 7.82. The second-order valence-corrected chi connectivity index (χ2v) is 6.14. The molecule has 7 nitrogen and oxygen atoms in total. The van der Waals surface area contributed by atoms with Crippen molar-refractivity contribution in [3.63, 3.8) is 0 Å². The van der Waals surface area contributed by atoms with Gasteiger partial charge in [-0.15, -0.1) is 0 Å². The smallest absolute Gasteiger partial charge is 0.250 e. The maximum Gasteiger partial charge on any atom is 0.250 e. The third-order valence-electron chi connectivity index (χ3n) is 4.08. The first-order valence-electron chi connectivity index (χ1n) is 7.94. The number of primary amides is 1. The van der Waals surface area contributed by atoms with Gasteiger partial charge in [0.1, 0.15) is 11.9 Å². The van der Waals surface area contributed by atoms with Crippen molar-refractivity contribution in [3.05, 3.63) is 40.8 Å². The average Bonchev–Trinajstić information content (AvgIpc) is 3.06. The molecule has 1 aliphatic rings. The molecule has 128 valence electrons. The van der Waals surface area contributed by atoms with Crippen molar-refractivity contribution in [2.45, 2.75) is 38.5 Å². The van der Waals surface area contributed by atoms with Gasteiger partial charge in [0.15, 0.2) is 0 Å². The normalized spacial score (nSPS) is 20.8. The number of anilines is 1. The fourth-order valence-electron chi connectivity index (χ4n) is 2.81. The molecule has 0 unspecified atom stereocenters. The molecule has 3 N–H and O–H groups in total. The van der Waals surface area contributed by atoms with E-state index in [1.807, 2.05) is 24.0 Å². The number of amides is 1. The Bertz CT molecular complexity index is 733. The highest BCUT2D eigenvalue weighted by atomic mass is 35.5. The van der Waals surface area contributed by atoms with E-state index in [4.69, 9.17) is 22.1 Å². The lowest BCUT2D eigenvalue weighted by Crippen LogP contribution is -2.34. The number of hydrogen-bond acceptors (Lipinski definition) is 5. The van der Waals surface area contributed by atoms with E-state index in [-0.39, 0.29) is 17.7 Å². The summed E-state index contributed by atoms with van der Waals surface area (Å²) >= 11 is 6.22. The highest BCUT2D eigenvalue weighted by Crippen LogP contribution is 2.32. The van der Waals surface area contributed by atoms with Gasteiger partial charge in [0.2, 0.25) is 5.91 Å². The molecule has 0 aliphatic carbocycles. The van der Waals surface area contributed by atoms with Gasteiger partial charge in [-0.3, -0.25) is 9.48 Å². The molecular weight excluding hydrogens is 330 g/mol. The number of pyridine rings is 1. The number of hydrogen-bond donors (Lipinski definition) is 2. The first-order chi connectivity index (χ1) is 11.6. The lowest BCUT2D eigenvalue weighted by molar-refractivity contribution is 0.00551. The predicted octanol–water partition coefficient (Wildman–Crippen LogP) is 2.38. The standard InChI is InChI=1S/C16H20ClN5O2/c1-2-22-9-11(8-20-22)14-13(4-3-5-24-14)21-16-12(17)6-10(7-19-16)15(18)23/h6-9,13-14H,2-5H2,1H3,(H2,18,23)(H,19,21)/t13-,14+/m0/s1. The third-order valence-corrected chi connectivity index (χ3v) is 4.36. The summed E-state index contributed by atoms with van der Waals surface area (Å²) in [6.45, 7) is 3.56. The van der Waals surface area contributed by atoms with E-state index in [0.717, 1.165) is 24.9 Å². The number of ether oxygens (including phenoxy) is 1. The highest BCUT2D eigenvalue weighted by molar-refractivity contribution is 6.33. The van der Waals surface area contributed by atoms with Crippen molar-refractivity contribution in [3.8, 4) is 0 Å². The molecule has 3 heterocycles. The number of carbonyl (C=O) groups excluding carboxylic acids is 1. The summed E-state index contributed by atoms with van der Waals surface area (Å²) in [6, 6.07) is 1.55. The van der Waals surface area contributed by atoms with Gasteiger partial charge >= 0.3 is 0 Å². The van der Waals surface area contributed by atoms with E-state index in [1.54, 1.807) is 0 Å². The molecule has 0 bridgehead atoms. The van der Waals surface area contributed by atoms with Gasteiger partial charge in [-0.05, 0) is 25.8 Å². The minimum Gasteiger partial charge on any atom is -0.371 e. The SMILES string of the molecule is CCn1cc([C@H]2OCCC[C@@H]2Nc2ncc(C(N)=O)cc2Cl)cn1. The minimum atomic E-state index is -0.554. The monoisotopic (exact) mass is 349 g/mol. The predicted molar refractivity (Wildman–Crippen MR) is 91.0 cm³/mol. The molecule has 2 aromatic rings. The van der Waals surface area contributed by atoms with Crippen LogP contribution in [0.25, 0.3) is 0 Å². The van der Waals surface area contributed by atoms with Crippen molar-refractivity contribution in [1.82, 2.24) is 14.8 Å². The van der Waals surface area contributed by atoms with Crippen LogP contribution < -0.4 is 11.1 Å². The van der Waals surface area contributed by atoms with Crippen molar-refractivity contribution >= 4 is 23.3 Å². The maximum absolute atomic E-state index is 11.2. The molecule has 3 rings (SSSR count). The first-order valence-corrected chi connectivity index (χ1v) is 8.32. The Kier molecular flexibility index (Phi) is 5.01. The Morgan fingerprint density at radius 1 is 1.54 bits per heavy atom. The Labute approximate surface area is 145 Å². The average molecular weight is 350 g/mol. The summed E-state index contributed by atoms with van der Waals surface area (Å²) in [4.78, 5) is 15.4. The summed E-state index contributed by atoms with van der Waals surface area (Å²) in [5.41, 5.74) is 6.55. The molecular formula is C16H20ClN5O2. The topological polar surface area (TPSA) is 95.1 Å². The first kappa shape index (κ1) is 16.7. The zero-order chi connectivity index (χ0) is 17.1. The molecule has 2 atom stereocenters. The summed E-state index contributed by atoms with van der Waals surface area (Å²) in [6.07, 6.45) is 7.01. The zero-order valence-electron chi connectivity index (χ0n) is 13.4. The molecule has 1 amide bonds. The van der Waals surface area contributed by atoms with Crippen LogP contribution in [0.15, 0.2) is 24.7 Å². The van der Waals surface area contributed by atoms with E-state index < -0.39 is 5.91 Å². The zero-order valence-corrected chi connectivity index (χ0v) is 14.2. The number of aromatic nitrogens is 3. The quantitative estimate of drug-likeness (QED) is 0.864. The molecule has 1 aliphatic heterocycles. The fraction of sp³-hybridized carbons (Fsp3) is 0.438. The van der Waals surface area contributed by atoms with E-state index in [9.17, 15) is 4.79 Å². The molecule has 8 heteroatoms. The molecule has 0 aromatic carbocycles. The molecule has 0 saturated carbocycles. The van der Waals surface area contributed by atoms with Crippen molar-refractivity contribution in [2.75, 3.05) is 11.9 Å². The number of carbonyl (C=O) groups is 1. The van der Waals surface area contributed by atoms with E-state index >= 15 is 0 Å². The Morgan fingerprint density at radius 2 is 2.38 bits per heavy atom. The molecule has 0 spiro atoms. The number of nitrogens with zero attached hydrogens (tertiary/aromatic N) is 3. The van der Waals surface area contributed by atoms with E-state index in [1.165, 1.54) is 12.3 Å². The number of nitrogens with two attached hydrogens (primary N) is 1. The summed E-state index contributed by atoms with van der Waals surface area (Å²) in [5, 5.41) is 8.01. The van der Waals surface area contributed by atoms with Gasteiger partial charge in [-0.25, -0.2) is 4.98 Å². The number of rotatable bonds is 5. The molecule has 1 saturated heterocycles. The van der Waals surface area contributed by atoms with Crippen LogP contribution in [0.4, 0.5) is 5.82 Å². The summed E-state index contributed by atoms with van der Waals surface area (Å²) in [7, 11) is 0. The molecule has 2 aromatic heterocycles. The van der Waals surface area contributed by atoms with Crippen LogP contribution in [0.5, 0.6) is 0 Å². The second-order valence-electron chi connectivity index (χ2n) is 5.73.